The van der Waals surface area contributed by atoms with E-state index in [0.29, 0.717) is 6.04 Å². The van der Waals surface area contributed by atoms with E-state index in [1.807, 2.05) is 0 Å². The second-order valence-corrected chi connectivity index (χ2v) is 5.11. The Kier molecular flexibility index (Phi) is 10.2. The monoisotopic (exact) mass is 405 g/mol. The lowest BCUT2D eigenvalue weighted by Gasteiger charge is -2.14. The summed E-state index contributed by atoms with van der Waals surface area (Å²) in [5.41, 5.74) is 2.41. The molecule has 4 nitrogen and oxygen atoms in total. The van der Waals surface area contributed by atoms with Gasteiger partial charge in [0.2, 0.25) is 0 Å². The third-order valence-electron chi connectivity index (χ3n) is 2.91. The van der Waals surface area contributed by atoms with Crippen molar-refractivity contribution in [2.45, 2.75) is 40.2 Å². The first-order valence-electron chi connectivity index (χ1n) is 7.25. The van der Waals surface area contributed by atoms with Crippen LogP contribution in [0.15, 0.2) is 23.2 Å². The van der Waals surface area contributed by atoms with Crippen molar-refractivity contribution in [3.8, 4) is 5.75 Å². The molecule has 0 spiro atoms. The average Bonchev–Trinajstić information content (AvgIpc) is 2.40. The molecular weight excluding hydrogens is 377 g/mol. The van der Waals surface area contributed by atoms with Gasteiger partial charge in [-0.25, -0.2) is 0 Å². The van der Waals surface area contributed by atoms with E-state index in [9.17, 15) is 0 Å². The van der Waals surface area contributed by atoms with E-state index in [1.54, 1.807) is 7.11 Å². The van der Waals surface area contributed by atoms with Gasteiger partial charge in [0.25, 0.3) is 0 Å². The Morgan fingerprint density at radius 3 is 2.62 bits per heavy atom. The van der Waals surface area contributed by atoms with Gasteiger partial charge in [-0.05, 0) is 51.3 Å². The normalized spacial score (nSPS) is 11.0. The van der Waals surface area contributed by atoms with Gasteiger partial charge in [0.05, 0.1) is 7.11 Å². The lowest BCUT2D eigenvalue weighted by atomic mass is 10.1. The zero-order valence-corrected chi connectivity index (χ0v) is 16.0. The van der Waals surface area contributed by atoms with E-state index < -0.39 is 0 Å². The number of nitrogens with one attached hydrogen (secondary N) is 2. The summed E-state index contributed by atoms with van der Waals surface area (Å²) in [7, 11) is 1.71. The van der Waals surface area contributed by atoms with Crippen molar-refractivity contribution in [3.63, 3.8) is 0 Å². The number of hydrogen-bond donors (Lipinski definition) is 2. The van der Waals surface area contributed by atoms with Crippen molar-refractivity contribution in [2.75, 3.05) is 20.2 Å². The number of rotatable bonds is 6. The first-order valence-corrected chi connectivity index (χ1v) is 7.25. The van der Waals surface area contributed by atoms with E-state index in [-0.39, 0.29) is 24.0 Å². The fraction of sp³-hybridized carbons (Fsp3) is 0.562. The highest BCUT2D eigenvalue weighted by atomic mass is 127. The molecule has 0 aromatic heterocycles. The highest BCUT2D eigenvalue weighted by molar-refractivity contribution is 14.0. The Bertz CT molecular complexity index is 447. The summed E-state index contributed by atoms with van der Waals surface area (Å²) >= 11 is 0. The van der Waals surface area contributed by atoms with Crippen molar-refractivity contribution >= 4 is 29.9 Å². The number of hydrogen-bond acceptors (Lipinski definition) is 2. The molecule has 0 fully saturated rings. The van der Waals surface area contributed by atoms with Crippen LogP contribution in [0.5, 0.6) is 5.75 Å². The fourth-order valence-corrected chi connectivity index (χ4v) is 1.91. The molecule has 0 bridgehead atoms. The number of aryl methyl sites for hydroxylation is 1. The maximum atomic E-state index is 5.34. The van der Waals surface area contributed by atoms with Crippen LogP contribution in [0, 0.1) is 6.92 Å². The van der Waals surface area contributed by atoms with Crippen molar-refractivity contribution in [1.29, 1.82) is 0 Å². The first kappa shape index (κ1) is 20.0. The minimum Gasteiger partial charge on any atom is -0.496 e. The summed E-state index contributed by atoms with van der Waals surface area (Å²) < 4.78 is 5.34. The molecule has 0 radical (unpaired) electrons. The third-order valence-corrected chi connectivity index (χ3v) is 2.91. The Morgan fingerprint density at radius 1 is 1.33 bits per heavy atom. The van der Waals surface area contributed by atoms with Gasteiger partial charge in [-0.15, -0.1) is 24.0 Å². The summed E-state index contributed by atoms with van der Waals surface area (Å²) in [6, 6.07) is 6.70. The summed E-state index contributed by atoms with van der Waals surface area (Å²) in [6.07, 6.45) is 0.908. The number of guanidine groups is 1. The SMILES string of the molecule is CCNC(=NCCc1ccc(C)c(OC)c1)NC(C)C.I. The average molecular weight is 405 g/mol. The molecule has 21 heavy (non-hydrogen) atoms. The van der Waals surface area contributed by atoms with E-state index in [1.165, 1.54) is 5.56 Å². The molecule has 0 unspecified atom stereocenters. The topological polar surface area (TPSA) is 45.7 Å². The van der Waals surface area contributed by atoms with Crippen LogP contribution in [0.3, 0.4) is 0 Å². The summed E-state index contributed by atoms with van der Waals surface area (Å²) in [6.45, 7) is 9.97. The highest BCUT2D eigenvalue weighted by Crippen LogP contribution is 2.19. The minimum absolute atomic E-state index is 0. The Balaban J connectivity index is 0.00000400. The van der Waals surface area contributed by atoms with Crippen LogP contribution < -0.4 is 15.4 Å². The molecule has 1 aromatic rings. The van der Waals surface area contributed by atoms with Gasteiger partial charge in [0.1, 0.15) is 5.75 Å². The molecule has 0 saturated carbocycles. The molecule has 0 atom stereocenters. The lowest BCUT2D eigenvalue weighted by molar-refractivity contribution is 0.411. The van der Waals surface area contributed by atoms with Crippen molar-refractivity contribution in [2.24, 2.45) is 4.99 Å². The standard InChI is InChI=1S/C16H27N3O.HI/c1-6-17-16(19-12(2)3)18-10-9-14-8-7-13(4)15(11-14)20-5;/h7-8,11-12H,6,9-10H2,1-5H3,(H2,17,18,19);1H. The van der Waals surface area contributed by atoms with Crippen LogP contribution in [0.4, 0.5) is 0 Å². The predicted molar refractivity (Wildman–Crippen MR) is 101 cm³/mol. The zero-order chi connectivity index (χ0) is 15.0. The zero-order valence-electron chi connectivity index (χ0n) is 13.7. The number of aliphatic imine (C=N–C) groups is 1. The third kappa shape index (κ3) is 7.55. The highest BCUT2D eigenvalue weighted by Gasteiger charge is 2.02. The maximum Gasteiger partial charge on any atom is 0.191 e. The fourth-order valence-electron chi connectivity index (χ4n) is 1.91. The van der Waals surface area contributed by atoms with Crippen LogP contribution in [-0.2, 0) is 6.42 Å². The van der Waals surface area contributed by atoms with Gasteiger partial charge >= 0.3 is 0 Å². The molecule has 0 aliphatic heterocycles. The number of benzene rings is 1. The second-order valence-electron chi connectivity index (χ2n) is 5.11. The summed E-state index contributed by atoms with van der Waals surface area (Å²) in [5, 5.41) is 6.56. The molecule has 1 rings (SSSR count). The smallest absolute Gasteiger partial charge is 0.191 e. The van der Waals surface area contributed by atoms with Gasteiger partial charge in [0.15, 0.2) is 5.96 Å². The largest absolute Gasteiger partial charge is 0.496 e. The Hall–Kier alpha value is -0.980. The molecular formula is C16H28IN3O. The number of methoxy groups -OCH3 is 1. The molecule has 120 valence electrons. The van der Waals surface area contributed by atoms with Crippen LogP contribution in [0.1, 0.15) is 31.9 Å². The van der Waals surface area contributed by atoms with Crippen molar-refractivity contribution in [1.82, 2.24) is 10.6 Å². The molecule has 2 N–H and O–H groups in total. The minimum atomic E-state index is 0. The Morgan fingerprint density at radius 2 is 2.05 bits per heavy atom. The van der Waals surface area contributed by atoms with Gasteiger partial charge in [-0.2, -0.15) is 0 Å². The molecule has 0 saturated heterocycles. The molecule has 0 heterocycles. The molecule has 0 aliphatic rings. The van der Waals surface area contributed by atoms with Crippen LogP contribution in [0.2, 0.25) is 0 Å². The predicted octanol–water partition coefficient (Wildman–Crippen LogP) is 3.13. The van der Waals surface area contributed by atoms with Crippen LogP contribution >= 0.6 is 24.0 Å². The number of nitrogens with zero attached hydrogens (tertiary/aromatic N) is 1. The van der Waals surface area contributed by atoms with Crippen molar-refractivity contribution in [3.05, 3.63) is 29.3 Å². The van der Waals surface area contributed by atoms with Crippen LogP contribution in [-0.4, -0.2) is 32.2 Å². The molecule has 0 amide bonds. The molecule has 1 aromatic carbocycles. The van der Waals surface area contributed by atoms with Gasteiger partial charge < -0.3 is 15.4 Å². The molecule has 0 aliphatic carbocycles. The first-order chi connectivity index (χ1) is 9.56. The second kappa shape index (κ2) is 10.7. The van der Waals surface area contributed by atoms with E-state index in [2.05, 4.69) is 61.5 Å². The van der Waals surface area contributed by atoms with E-state index >= 15 is 0 Å². The van der Waals surface area contributed by atoms with E-state index in [0.717, 1.165) is 36.8 Å². The van der Waals surface area contributed by atoms with Gasteiger partial charge in [0, 0.05) is 19.1 Å². The number of ether oxygens (including phenoxy) is 1. The number of halogens is 1. The maximum absolute atomic E-state index is 5.34. The summed E-state index contributed by atoms with van der Waals surface area (Å²) in [5.74, 6) is 1.82. The van der Waals surface area contributed by atoms with Crippen LogP contribution in [0.25, 0.3) is 0 Å². The Labute approximate surface area is 145 Å². The lowest BCUT2D eigenvalue weighted by Crippen LogP contribution is -2.41. The van der Waals surface area contributed by atoms with Gasteiger partial charge in [-0.1, -0.05) is 12.1 Å². The van der Waals surface area contributed by atoms with Crippen molar-refractivity contribution < 1.29 is 4.74 Å². The van der Waals surface area contributed by atoms with E-state index in [4.69, 9.17) is 4.74 Å². The quantitative estimate of drug-likeness (QED) is 0.434. The summed E-state index contributed by atoms with van der Waals surface area (Å²) in [4.78, 5) is 4.58. The molecule has 5 heteroatoms. The van der Waals surface area contributed by atoms with Gasteiger partial charge in [-0.3, -0.25) is 4.99 Å².